The minimum Gasteiger partial charge on any atom is -0.384 e. The van der Waals surface area contributed by atoms with Crippen LogP contribution in [0, 0.1) is 11.3 Å². The number of methoxy groups -OCH3 is 1. The van der Waals surface area contributed by atoms with Crippen LogP contribution in [0.5, 0.6) is 0 Å². The summed E-state index contributed by atoms with van der Waals surface area (Å²) < 4.78 is 5.52. The number of nitrogens with zero attached hydrogens (tertiary/aromatic N) is 2. The first-order valence-electron chi connectivity index (χ1n) is 9.07. The van der Waals surface area contributed by atoms with Crippen molar-refractivity contribution in [1.82, 2.24) is 15.5 Å². The molecule has 27 heavy (non-hydrogen) atoms. The highest BCUT2D eigenvalue weighted by Crippen LogP contribution is 2.30. The van der Waals surface area contributed by atoms with E-state index >= 15 is 0 Å². The van der Waals surface area contributed by atoms with E-state index in [1.54, 1.807) is 13.2 Å². The molecule has 7 heteroatoms. The lowest BCUT2D eigenvalue weighted by Gasteiger charge is -2.49. The van der Waals surface area contributed by atoms with Crippen LogP contribution >= 0.6 is 0 Å². The predicted octanol–water partition coefficient (Wildman–Crippen LogP) is 1.95. The molecular formula is C20H28N6O. The van der Waals surface area contributed by atoms with Gasteiger partial charge in [0.1, 0.15) is 11.7 Å². The highest BCUT2D eigenvalue weighted by atomic mass is 16.5. The SMILES string of the molecule is COC1(C)CN(C2=CNC3=CC=C(N=C(N)C=C(C=N)C(C)C)NC3=C2)C1. The number of ether oxygens (including phenoxy) is 1. The number of likely N-dealkylation sites (tertiary alicyclic amines) is 1. The lowest BCUT2D eigenvalue weighted by Crippen LogP contribution is -2.60. The van der Waals surface area contributed by atoms with Crippen LogP contribution in [0.2, 0.25) is 0 Å². The predicted molar refractivity (Wildman–Crippen MR) is 109 cm³/mol. The van der Waals surface area contributed by atoms with Gasteiger partial charge in [0.05, 0.1) is 22.7 Å². The number of amidine groups is 1. The highest BCUT2D eigenvalue weighted by molar-refractivity contribution is 5.97. The molecule has 0 aromatic rings. The fourth-order valence-corrected chi connectivity index (χ4v) is 3.12. The molecule has 3 heterocycles. The van der Waals surface area contributed by atoms with Crippen LogP contribution in [0.3, 0.4) is 0 Å². The van der Waals surface area contributed by atoms with Crippen molar-refractivity contribution in [1.29, 1.82) is 5.41 Å². The van der Waals surface area contributed by atoms with Gasteiger partial charge in [0.15, 0.2) is 0 Å². The minimum atomic E-state index is -0.0748. The topological polar surface area (TPSA) is 98.8 Å². The molecule has 3 rings (SSSR count). The van der Waals surface area contributed by atoms with Crippen LogP contribution in [0.25, 0.3) is 0 Å². The second-order valence-electron chi connectivity index (χ2n) is 7.52. The van der Waals surface area contributed by atoms with Gasteiger partial charge >= 0.3 is 0 Å². The van der Waals surface area contributed by atoms with E-state index in [2.05, 4.69) is 33.5 Å². The maximum atomic E-state index is 7.47. The number of nitrogens with one attached hydrogen (secondary N) is 3. The molecule has 3 aliphatic heterocycles. The molecule has 0 amide bonds. The lowest BCUT2D eigenvalue weighted by molar-refractivity contribution is -0.0954. The average molecular weight is 368 g/mol. The van der Waals surface area contributed by atoms with Gasteiger partial charge in [-0.15, -0.1) is 0 Å². The summed E-state index contributed by atoms with van der Waals surface area (Å²) in [5.74, 6) is 1.26. The average Bonchev–Trinajstić information content (AvgIpc) is 2.62. The Morgan fingerprint density at radius 1 is 1.37 bits per heavy atom. The summed E-state index contributed by atoms with van der Waals surface area (Å²) in [7, 11) is 1.75. The Balaban J connectivity index is 1.71. The maximum Gasteiger partial charge on any atom is 0.132 e. The Bertz CT molecular complexity index is 806. The molecule has 0 radical (unpaired) electrons. The Hall–Kier alpha value is -2.80. The van der Waals surface area contributed by atoms with Gasteiger partial charge in [-0.3, -0.25) is 0 Å². The first kappa shape index (κ1) is 19.0. The minimum absolute atomic E-state index is 0.0748. The van der Waals surface area contributed by atoms with E-state index in [9.17, 15) is 0 Å². The van der Waals surface area contributed by atoms with Crippen LogP contribution in [0.15, 0.2) is 64.0 Å². The van der Waals surface area contributed by atoms with Crippen molar-refractivity contribution in [2.45, 2.75) is 26.4 Å². The third-order valence-corrected chi connectivity index (χ3v) is 4.93. The smallest absolute Gasteiger partial charge is 0.132 e. The Kier molecular flexibility index (Phi) is 5.23. The van der Waals surface area contributed by atoms with Crippen LogP contribution in [-0.2, 0) is 4.74 Å². The van der Waals surface area contributed by atoms with E-state index in [0.717, 1.165) is 35.8 Å². The summed E-state index contributed by atoms with van der Waals surface area (Å²) in [4.78, 5) is 6.70. The third kappa shape index (κ3) is 4.14. The molecule has 0 atom stereocenters. The van der Waals surface area contributed by atoms with Crippen molar-refractivity contribution in [3.05, 3.63) is 59.0 Å². The van der Waals surface area contributed by atoms with Gasteiger partial charge in [-0.2, -0.15) is 0 Å². The van der Waals surface area contributed by atoms with Crippen LogP contribution in [0.4, 0.5) is 0 Å². The van der Waals surface area contributed by atoms with Gasteiger partial charge in [0.25, 0.3) is 0 Å². The lowest BCUT2D eigenvalue weighted by atomic mass is 9.95. The molecule has 0 aliphatic carbocycles. The zero-order chi connectivity index (χ0) is 19.6. The van der Waals surface area contributed by atoms with Crippen LogP contribution < -0.4 is 16.4 Å². The van der Waals surface area contributed by atoms with E-state index in [1.165, 1.54) is 6.21 Å². The van der Waals surface area contributed by atoms with E-state index in [4.69, 9.17) is 15.9 Å². The van der Waals surface area contributed by atoms with Crippen molar-refractivity contribution in [3.63, 3.8) is 0 Å². The summed E-state index contributed by atoms with van der Waals surface area (Å²) in [5, 5.41) is 14.1. The van der Waals surface area contributed by atoms with Crippen molar-refractivity contribution in [2.24, 2.45) is 16.6 Å². The molecular weight excluding hydrogens is 340 g/mol. The first-order valence-corrected chi connectivity index (χ1v) is 9.07. The fraction of sp³-hybridized carbons (Fsp3) is 0.400. The molecule has 0 unspecified atom stereocenters. The molecule has 0 saturated carbocycles. The number of aliphatic imine (C=N–C) groups is 1. The molecule has 0 aromatic carbocycles. The molecule has 1 fully saturated rings. The summed E-state index contributed by atoms with van der Waals surface area (Å²) in [6.07, 6.45) is 11.0. The van der Waals surface area contributed by atoms with Crippen molar-refractivity contribution >= 4 is 12.1 Å². The number of fused-ring (bicyclic) bond motifs is 1. The number of hydrogen-bond acceptors (Lipinski definition) is 6. The normalized spacial score (nSPS) is 21.7. The van der Waals surface area contributed by atoms with Crippen LogP contribution in [-0.4, -0.2) is 42.8 Å². The molecule has 5 N–H and O–H groups in total. The zero-order valence-corrected chi connectivity index (χ0v) is 16.3. The molecule has 0 spiro atoms. The van der Waals surface area contributed by atoms with E-state index in [-0.39, 0.29) is 11.5 Å². The second-order valence-corrected chi connectivity index (χ2v) is 7.52. The molecule has 3 aliphatic rings. The van der Waals surface area contributed by atoms with Crippen molar-refractivity contribution in [2.75, 3.05) is 20.2 Å². The third-order valence-electron chi connectivity index (χ3n) is 4.93. The standard InChI is InChI=1S/C20H28N6O/c1-13(2)14(9-21)7-18(22)25-19-6-5-16-17(24-19)8-15(10-23-16)26-11-20(3,12-26)27-4/h5-10,13,21,23-24H,11-12H2,1-4H3,(H2,22,25). The summed E-state index contributed by atoms with van der Waals surface area (Å²) in [5.41, 5.74) is 9.85. The summed E-state index contributed by atoms with van der Waals surface area (Å²) in [6, 6.07) is 0. The molecule has 144 valence electrons. The molecule has 0 aromatic heterocycles. The Labute approximate surface area is 160 Å². The molecule has 0 bridgehead atoms. The Morgan fingerprint density at radius 2 is 2.11 bits per heavy atom. The van der Waals surface area contributed by atoms with E-state index in [0.29, 0.717) is 11.7 Å². The highest BCUT2D eigenvalue weighted by Gasteiger charge is 2.39. The van der Waals surface area contributed by atoms with Crippen LogP contribution in [0.1, 0.15) is 20.8 Å². The summed E-state index contributed by atoms with van der Waals surface area (Å²) in [6.45, 7) is 7.88. The quantitative estimate of drug-likeness (QED) is 0.424. The van der Waals surface area contributed by atoms with Gasteiger partial charge in [0.2, 0.25) is 0 Å². The van der Waals surface area contributed by atoms with Gasteiger partial charge in [-0.1, -0.05) is 13.8 Å². The maximum absolute atomic E-state index is 7.47. The number of allylic oxidation sites excluding steroid dienone is 4. The first-order chi connectivity index (χ1) is 12.8. The molecule has 7 nitrogen and oxygen atoms in total. The largest absolute Gasteiger partial charge is 0.384 e. The Morgan fingerprint density at radius 3 is 2.74 bits per heavy atom. The van der Waals surface area contributed by atoms with Gasteiger partial charge in [-0.05, 0) is 42.7 Å². The fourth-order valence-electron chi connectivity index (χ4n) is 3.12. The number of hydrogen-bond donors (Lipinski definition) is 4. The zero-order valence-electron chi connectivity index (χ0n) is 16.3. The van der Waals surface area contributed by atoms with Crippen molar-refractivity contribution in [3.8, 4) is 0 Å². The molecule has 1 saturated heterocycles. The van der Waals surface area contributed by atoms with E-state index in [1.807, 2.05) is 32.2 Å². The second kappa shape index (κ2) is 7.44. The van der Waals surface area contributed by atoms with Gasteiger partial charge < -0.3 is 31.4 Å². The van der Waals surface area contributed by atoms with Gasteiger partial charge in [0, 0.05) is 32.6 Å². The van der Waals surface area contributed by atoms with E-state index < -0.39 is 0 Å². The van der Waals surface area contributed by atoms with Crippen molar-refractivity contribution < 1.29 is 4.74 Å². The monoisotopic (exact) mass is 368 g/mol. The summed E-state index contributed by atoms with van der Waals surface area (Å²) >= 11 is 0. The number of dihydropyridines is 2. The number of rotatable bonds is 6. The number of nitrogens with two attached hydrogens (primary N) is 1. The van der Waals surface area contributed by atoms with Gasteiger partial charge in [-0.25, -0.2) is 4.99 Å².